The van der Waals surface area contributed by atoms with Crippen molar-refractivity contribution in [3.63, 3.8) is 0 Å². The summed E-state index contributed by atoms with van der Waals surface area (Å²) >= 11 is 0. The van der Waals surface area contributed by atoms with Crippen molar-refractivity contribution in [3.8, 4) is 0 Å². The van der Waals surface area contributed by atoms with Gasteiger partial charge in [-0.05, 0) is 31.9 Å². The summed E-state index contributed by atoms with van der Waals surface area (Å²) in [7, 11) is 0. The summed E-state index contributed by atoms with van der Waals surface area (Å²) in [4.78, 5) is 12.0. The highest BCUT2D eigenvalue weighted by atomic mass is 16.1. The van der Waals surface area contributed by atoms with E-state index in [1.807, 2.05) is 37.3 Å². The number of amides is 1. The number of rotatable bonds is 3. The van der Waals surface area contributed by atoms with E-state index in [2.05, 4.69) is 10.6 Å². The number of hydrogen-bond donors (Lipinski definition) is 2. The molecular formula is C14H20N2O. The van der Waals surface area contributed by atoms with Gasteiger partial charge in [0.2, 0.25) is 5.91 Å². The summed E-state index contributed by atoms with van der Waals surface area (Å²) in [5.74, 6) is 0.309. The van der Waals surface area contributed by atoms with E-state index in [-0.39, 0.29) is 17.9 Å². The highest BCUT2D eigenvalue weighted by Gasteiger charge is 2.22. The second-order valence-corrected chi connectivity index (χ2v) is 4.68. The number of piperidine rings is 1. The summed E-state index contributed by atoms with van der Waals surface area (Å²) in [6.07, 6.45) is 2.10. The van der Waals surface area contributed by atoms with E-state index in [1.54, 1.807) is 0 Å². The summed E-state index contributed by atoms with van der Waals surface area (Å²) in [5.41, 5.74) is 1.16. The first kappa shape index (κ1) is 12.1. The first-order chi connectivity index (χ1) is 8.27. The SMILES string of the molecule is C[C@@H](NC(=O)[C@@H]1CCCNC1)c1ccccc1. The fourth-order valence-corrected chi connectivity index (χ4v) is 2.23. The van der Waals surface area contributed by atoms with Crippen LogP contribution in [0.25, 0.3) is 0 Å². The minimum absolute atomic E-state index is 0.0885. The van der Waals surface area contributed by atoms with Crippen molar-refractivity contribution in [3.05, 3.63) is 35.9 Å². The first-order valence-corrected chi connectivity index (χ1v) is 6.33. The molecule has 1 aliphatic heterocycles. The molecule has 1 aliphatic rings. The number of carbonyl (C=O) groups is 1. The van der Waals surface area contributed by atoms with Crippen molar-refractivity contribution in [2.75, 3.05) is 13.1 Å². The summed E-state index contributed by atoms with van der Waals surface area (Å²) < 4.78 is 0. The maximum atomic E-state index is 12.0. The molecule has 2 N–H and O–H groups in total. The zero-order valence-electron chi connectivity index (χ0n) is 10.3. The Morgan fingerprint density at radius 2 is 2.18 bits per heavy atom. The third-order valence-electron chi connectivity index (χ3n) is 3.33. The van der Waals surface area contributed by atoms with Crippen LogP contribution in [-0.4, -0.2) is 19.0 Å². The molecule has 92 valence electrons. The molecule has 0 aliphatic carbocycles. The van der Waals surface area contributed by atoms with Gasteiger partial charge in [-0.25, -0.2) is 0 Å². The van der Waals surface area contributed by atoms with Gasteiger partial charge in [0.05, 0.1) is 12.0 Å². The Bertz CT molecular complexity index is 358. The third-order valence-corrected chi connectivity index (χ3v) is 3.33. The van der Waals surface area contributed by atoms with Crippen LogP contribution in [0, 0.1) is 5.92 Å². The van der Waals surface area contributed by atoms with Crippen LogP contribution in [0.1, 0.15) is 31.4 Å². The lowest BCUT2D eigenvalue weighted by Gasteiger charge is -2.24. The Balaban J connectivity index is 1.89. The van der Waals surface area contributed by atoms with Gasteiger partial charge < -0.3 is 10.6 Å². The molecule has 0 spiro atoms. The van der Waals surface area contributed by atoms with Gasteiger partial charge in [0, 0.05) is 6.54 Å². The Labute approximate surface area is 103 Å². The molecule has 1 fully saturated rings. The number of benzene rings is 1. The molecule has 0 bridgehead atoms. The smallest absolute Gasteiger partial charge is 0.224 e. The molecule has 1 aromatic rings. The normalized spacial score (nSPS) is 21.8. The van der Waals surface area contributed by atoms with Gasteiger partial charge in [-0.1, -0.05) is 30.3 Å². The van der Waals surface area contributed by atoms with Crippen LogP contribution in [-0.2, 0) is 4.79 Å². The molecule has 0 unspecified atom stereocenters. The van der Waals surface area contributed by atoms with Crippen LogP contribution in [0.2, 0.25) is 0 Å². The lowest BCUT2D eigenvalue weighted by atomic mass is 9.98. The minimum Gasteiger partial charge on any atom is -0.349 e. The second-order valence-electron chi connectivity index (χ2n) is 4.68. The molecule has 2 atom stereocenters. The Morgan fingerprint density at radius 1 is 1.41 bits per heavy atom. The van der Waals surface area contributed by atoms with Crippen LogP contribution in [0.3, 0.4) is 0 Å². The zero-order valence-corrected chi connectivity index (χ0v) is 10.3. The number of carbonyl (C=O) groups excluding carboxylic acids is 1. The largest absolute Gasteiger partial charge is 0.349 e. The molecule has 3 nitrogen and oxygen atoms in total. The summed E-state index contributed by atoms with van der Waals surface area (Å²) in [5, 5.41) is 6.35. The van der Waals surface area contributed by atoms with Crippen molar-refractivity contribution in [2.45, 2.75) is 25.8 Å². The van der Waals surface area contributed by atoms with E-state index < -0.39 is 0 Å². The van der Waals surface area contributed by atoms with E-state index in [4.69, 9.17) is 0 Å². The molecule has 1 heterocycles. The van der Waals surface area contributed by atoms with E-state index in [0.29, 0.717) is 0 Å². The molecule has 3 heteroatoms. The maximum absolute atomic E-state index is 12.0. The second kappa shape index (κ2) is 5.82. The molecule has 0 aromatic heterocycles. The molecule has 1 saturated heterocycles. The van der Waals surface area contributed by atoms with Crippen LogP contribution >= 0.6 is 0 Å². The first-order valence-electron chi connectivity index (χ1n) is 6.33. The van der Waals surface area contributed by atoms with E-state index in [9.17, 15) is 4.79 Å². The van der Waals surface area contributed by atoms with Gasteiger partial charge in [-0.15, -0.1) is 0 Å². The molecule has 1 aromatic carbocycles. The highest BCUT2D eigenvalue weighted by Crippen LogP contribution is 2.15. The summed E-state index contributed by atoms with van der Waals surface area (Å²) in [6.45, 7) is 3.88. The van der Waals surface area contributed by atoms with Crippen molar-refractivity contribution >= 4 is 5.91 Å². The monoisotopic (exact) mass is 232 g/mol. The van der Waals surface area contributed by atoms with Crippen molar-refractivity contribution in [2.24, 2.45) is 5.92 Å². The number of nitrogens with one attached hydrogen (secondary N) is 2. The summed E-state index contributed by atoms with van der Waals surface area (Å²) in [6, 6.07) is 10.2. The molecular weight excluding hydrogens is 212 g/mol. The highest BCUT2D eigenvalue weighted by molar-refractivity contribution is 5.79. The van der Waals surface area contributed by atoms with Crippen LogP contribution in [0.5, 0.6) is 0 Å². The lowest BCUT2D eigenvalue weighted by Crippen LogP contribution is -2.41. The van der Waals surface area contributed by atoms with Crippen molar-refractivity contribution in [1.82, 2.24) is 10.6 Å². The lowest BCUT2D eigenvalue weighted by molar-refractivity contribution is -0.126. The molecule has 2 rings (SSSR count). The van der Waals surface area contributed by atoms with E-state index in [0.717, 1.165) is 31.5 Å². The van der Waals surface area contributed by atoms with Crippen molar-refractivity contribution < 1.29 is 4.79 Å². The topological polar surface area (TPSA) is 41.1 Å². The predicted octanol–water partition coefficient (Wildman–Crippen LogP) is 1.86. The maximum Gasteiger partial charge on any atom is 0.224 e. The van der Waals surface area contributed by atoms with Gasteiger partial charge in [-0.2, -0.15) is 0 Å². The minimum atomic E-state index is 0.0885. The number of hydrogen-bond acceptors (Lipinski definition) is 2. The Hall–Kier alpha value is -1.35. The van der Waals surface area contributed by atoms with Crippen LogP contribution in [0.4, 0.5) is 0 Å². The fraction of sp³-hybridized carbons (Fsp3) is 0.500. The van der Waals surface area contributed by atoms with Gasteiger partial charge in [0.1, 0.15) is 0 Å². The Morgan fingerprint density at radius 3 is 2.82 bits per heavy atom. The zero-order chi connectivity index (χ0) is 12.1. The van der Waals surface area contributed by atoms with Gasteiger partial charge in [-0.3, -0.25) is 4.79 Å². The standard InChI is InChI=1S/C14H20N2O/c1-11(12-6-3-2-4-7-12)16-14(17)13-8-5-9-15-10-13/h2-4,6-7,11,13,15H,5,8-10H2,1H3,(H,16,17)/t11-,13-/m1/s1. The van der Waals surface area contributed by atoms with E-state index in [1.165, 1.54) is 0 Å². The quantitative estimate of drug-likeness (QED) is 0.835. The predicted molar refractivity (Wildman–Crippen MR) is 68.6 cm³/mol. The Kier molecular flexibility index (Phi) is 4.15. The average molecular weight is 232 g/mol. The fourth-order valence-electron chi connectivity index (χ4n) is 2.23. The molecule has 1 amide bonds. The van der Waals surface area contributed by atoms with Crippen LogP contribution in [0.15, 0.2) is 30.3 Å². The molecule has 0 saturated carbocycles. The third kappa shape index (κ3) is 3.30. The van der Waals surface area contributed by atoms with E-state index >= 15 is 0 Å². The van der Waals surface area contributed by atoms with Gasteiger partial charge >= 0.3 is 0 Å². The van der Waals surface area contributed by atoms with Gasteiger partial charge in [0.25, 0.3) is 0 Å². The van der Waals surface area contributed by atoms with Crippen molar-refractivity contribution in [1.29, 1.82) is 0 Å². The van der Waals surface area contributed by atoms with Gasteiger partial charge in [0.15, 0.2) is 0 Å². The molecule has 0 radical (unpaired) electrons. The van der Waals surface area contributed by atoms with Crippen LogP contribution < -0.4 is 10.6 Å². The molecule has 17 heavy (non-hydrogen) atoms. The average Bonchev–Trinajstić information content (AvgIpc) is 2.40.